The van der Waals surface area contributed by atoms with Crippen LogP contribution in [0, 0.1) is 0 Å². The number of carbonyl (C=O) groups excluding carboxylic acids is 1. The van der Waals surface area contributed by atoms with Crippen molar-refractivity contribution in [3.8, 4) is 5.75 Å². The molecule has 1 aliphatic heterocycles. The summed E-state index contributed by atoms with van der Waals surface area (Å²) in [5, 5.41) is 6.57. The average molecular weight is 411 g/mol. The summed E-state index contributed by atoms with van der Waals surface area (Å²) in [5.41, 5.74) is 1.60. The second-order valence-corrected chi connectivity index (χ2v) is 7.59. The standard InChI is InChI=1S/C17H12Cl2N2O2S2/c18-13-3-1-2-11(6-13)9-23-15-5-4-14(19)7-12(15)8-20-21-16(22)10-25-17(21)24/h1-8H,9-10H2/b20-8+. The van der Waals surface area contributed by atoms with E-state index < -0.39 is 0 Å². The molecule has 0 unspecified atom stereocenters. The maximum absolute atomic E-state index is 11.7. The fourth-order valence-electron chi connectivity index (χ4n) is 2.12. The lowest BCUT2D eigenvalue weighted by Crippen LogP contribution is -2.22. The van der Waals surface area contributed by atoms with Crippen molar-refractivity contribution in [1.82, 2.24) is 5.01 Å². The Labute approximate surface area is 164 Å². The van der Waals surface area contributed by atoms with Crippen molar-refractivity contribution in [1.29, 1.82) is 0 Å². The molecule has 4 nitrogen and oxygen atoms in total. The molecule has 3 rings (SSSR count). The second kappa shape index (κ2) is 8.19. The maximum Gasteiger partial charge on any atom is 0.259 e. The molecule has 0 aliphatic carbocycles. The van der Waals surface area contributed by atoms with E-state index in [2.05, 4.69) is 5.10 Å². The normalized spacial score (nSPS) is 14.6. The van der Waals surface area contributed by atoms with Crippen LogP contribution in [0.2, 0.25) is 10.0 Å². The van der Waals surface area contributed by atoms with Gasteiger partial charge in [-0.1, -0.05) is 59.3 Å². The van der Waals surface area contributed by atoms with Gasteiger partial charge in [0.05, 0.1) is 12.0 Å². The van der Waals surface area contributed by atoms with Crippen LogP contribution in [0.15, 0.2) is 47.6 Å². The first-order chi connectivity index (χ1) is 12.0. The first kappa shape index (κ1) is 18.2. The summed E-state index contributed by atoms with van der Waals surface area (Å²) in [6.45, 7) is 0.347. The highest BCUT2D eigenvalue weighted by Crippen LogP contribution is 2.24. The zero-order valence-corrected chi connectivity index (χ0v) is 16.0. The predicted octanol–water partition coefficient (Wildman–Crippen LogP) is 4.77. The van der Waals surface area contributed by atoms with Gasteiger partial charge in [-0.3, -0.25) is 4.79 Å². The highest BCUT2D eigenvalue weighted by atomic mass is 35.5. The number of ether oxygens (including phenoxy) is 1. The number of amides is 1. The molecule has 0 radical (unpaired) electrons. The quantitative estimate of drug-likeness (QED) is 0.525. The molecule has 1 heterocycles. The van der Waals surface area contributed by atoms with Crippen molar-refractivity contribution in [2.75, 3.05) is 5.75 Å². The maximum atomic E-state index is 11.7. The first-order valence-corrected chi connectivity index (χ1v) is 9.38. The van der Waals surface area contributed by atoms with Gasteiger partial charge in [-0.05, 0) is 35.9 Å². The molecule has 2 aromatic rings. The minimum absolute atomic E-state index is 0.144. The Balaban J connectivity index is 1.78. The van der Waals surface area contributed by atoms with Crippen molar-refractivity contribution < 1.29 is 9.53 Å². The Morgan fingerprint density at radius 2 is 2.04 bits per heavy atom. The summed E-state index contributed by atoms with van der Waals surface area (Å²) >= 11 is 18.4. The third kappa shape index (κ3) is 4.73. The number of hydrogen-bond acceptors (Lipinski definition) is 5. The second-order valence-electron chi connectivity index (χ2n) is 5.11. The van der Waals surface area contributed by atoms with Gasteiger partial charge < -0.3 is 4.74 Å². The Kier molecular flexibility index (Phi) is 5.96. The average Bonchev–Trinajstić information content (AvgIpc) is 2.90. The Hall–Kier alpha value is -1.60. The number of rotatable bonds is 5. The topological polar surface area (TPSA) is 41.9 Å². The van der Waals surface area contributed by atoms with E-state index in [9.17, 15) is 4.79 Å². The minimum atomic E-state index is -0.144. The molecule has 8 heteroatoms. The van der Waals surface area contributed by atoms with Crippen LogP contribution in [0.1, 0.15) is 11.1 Å². The van der Waals surface area contributed by atoms with E-state index in [0.717, 1.165) is 5.56 Å². The molecule has 0 aromatic heterocycles. The van der Waals surface area contributed by atoms with Crippen molar-refractivity contribution >= 4 is 63.6 Å². The summed E-state index contributed by atoms with van der Waals surface area (Å²) in [6, 6.07) is 12.6. The van der Waals surface area contributed by atoms with Crippen LogP contribution in [-0.4, -0.2) is 27.2 Å². The van der Waals surface area contributed by atoms with E-state index in [-0.39, 0.29) is 5.91 Å². The number of thiocarbonyl (C=S) groups is 1. The molecule has 1 aliphatic rings. The molecule has 1 amide bonds. The van der Waals surface area contributed by atoms with Crippen molar-refractivity contribution in [2.24, 2.45) is 5.10 Å². The van der Waals surface area contributed by atoms with E-state index >= 15 is 0 Å². The van der Waals surface area contributed by atoms with Gasteiger partial charge in [0, 0.05) is 15.6 Å². The fraction of sp³-hybridized carbons (Fsp3) is 0.118. The van der Waals surface area contributed by atoms with Gasteiger partial charge in [0.15, 0.2) is 4.32 Å². The third-order valence-electron chi connectivity index (χ3n) is 3.30. The summed E-state index contributed by atoms with van der Waals surface area (Å²) in [4.78, 5) is 11.7. The number of thioether (sulfide) groups is 1. The molecule has 0 atom stereocenters. The highest BCUT2D eigenvalue weighted by molar-refractivity contribution is 8.23. The first-order valence-electron chi connectivity index (χ1n) is 7.23. The lowest BCUT2D eigenvalue weighted by Gasteiger charge is -2.11. The Morgan fingerprint density at radius 3 is 2.76 bits per heavy atom. The molecule has 0 saturated carbocycles. The lowest BCUT2D eigenvalue weighted by atomic mass is 10.2. The molecular weight excluding hydrogens is 399 g/mol. The van der Waals surface area contributed by atoms with Crippen molar-refractivity contribution in [3.63, 3.8) is 0 Å². The zero-order chi connectivity index (χ0) is 17.8. The molecule has 0 N–H and O–H groups in total. The zero-order valence-electron chi connectivity index (χ0n) is 12.8. The highest BCUT2D eigenvalue weighted by Gasteiger charge is 2.26. The van der Waals surface area contributed by atoms with E-state index in [1.165, 1.54) is 23.0 Å². The summed E-state index contributed by atoms with van der Waals surface area (Å²) in [7, 11) is 0. The number of nitrogens with zero attached hydrogens (tertiary/aromatic N) is 2. The van der Waals surface area contributed by atoms with Crippen LogP contribution in [0.5, 0.6) is 5.75 Å². The largest absolute Gasteiger partial charge is 0.488 e. The van der Waals surface area contributed by atoms with Gasteiger partial charge in [-0.15, -0.1) is 0 Å². The van der Waals surface area contributed by atoms with Crippen LogP contribution < -0.4 is 4.74 Å². The van der Waals surface area contributed by atoms with Gasteiger partial charge >= 0.3 is 0 Å². The predicted molar refractivity (Wildman–Crippen MR) is 107 cm³/mol. The SMILES string of the molecule is O=C1CSC(=S)N1/N=C/c1cc(Cl)ccc1OCc1cccc(Cl)c1. The van der Waals surface area contributed by atoms with Crippen molar-refractivity contribution in [3.05, 3.63) is 63.6 Å². The van der Waals surface area contributed by atoms with Crippen LogP contribution >= 0.6 is 47.2 Å². The number of hydrogen-bond donors (Lipinski definition) is 0. The number of hydrazone groups is 1. The molecule has 25 heavy (non-hydrogen) atoms. The number of halogens is 2. The van der Waals surface area contributed by atoms with Gasteiger partial charge in [-0.25, -0.2) is 0 Å². The summed E-state index contributed by atoms with van der Waals surface area (Å²) < 4.78 is 6.29. The Morgan fingerprint density at radius 1 is 1.24 bits per heavy atom. The smallest absolute Gasteiger partial charge is 0.259 e. The van der Waals surface area contributed by atoms with Crippen molar-refractivity contribution in [2.45, 2.75) is 6.61 Å². The number of carbonyl (C=O) groups is 1. The van der Waals surface area contributed by atoms with Gasteiger partial charge in [-0.2, -0.15) is 10.1 Å². The summed E-state index contributed by atoms with van der Waals surface area (Å²) in [5.74, 6) is 0.761. The lowest BCUT2D eigenvalue weighted by molar-refractivity contribution is -0.123. The molecule has 128 valence electrons. The van der Waals surface area contributed by atoms with Crippen LogP contribution in [0.25, 0.3) is 0 Å². The molecule has 2 aromatic carbocycles. The van der Waals surface area contributed by atoms with E-state index in [1.807, 2.05) is 18.2 Å². The third-order valence-corrected chi connectivity index (χ3v) is 5.10. The minimum Gasteiger partial charge on any atom is -0.488 e. The van der Waals surface area contributed by atoms with E-state index in [4.69, 9.17) is 40.2 Å². The van der Waals surface area contributed by atoms with E-state index in [0.29, 0.717) is 38.0 Å². The van der Waals surface area contributed by atoms with Gasteiger partial charge in [0.1, 0.15) is 12.4 Å². The summed E-state index contributed by atoms with van der Waals surface area (Å²) in [6.07, 6.45) is 1.52. The van der Waals surface area contributed by atoms with Crippen LogP contribution in [0.4, 0.5) is 0 Å². The monoisotopic (exact) mass is 410 g/mol. The molecular formula is C17H12Cl2N2O2S2. The van der Waals surface area contributed by atoms with Gasteiger partial charge in [0.25, 0.3) is 5.91 Å². The number of benzene rings is 2. The Bertz CT molecular complexity index is 842. The van der Waals surface area contributed by atoms with Crippen LogP contribution in [0.3, 0.4) is 0 Å². The molecule has 0 bridgehead atoms. The molecule has 1 fully saturated rings. The van der Waals surface area contributed by atoms with Gasteiger partial charge in [0.2, 0.25) is 0 Å². The fourth-order valence-corrected chi connectivity index (χ4v) is 3.48. The van der Waals surface area contributed by atoms with E-state index in [1.54, 1.807) is 24.3 Å². The van der Waals surface area contributed by atoms with Crippen LogP contribution in [-0.2, 0) is 11.4 Å². The molecule has 0 spiro atoms. The molecule has 1 saturated heterocycles.